The predicted molar refractivity (Wildman–Crippen MR) is 67.7 cm³/mol. The first-order valence-corrected chi connectivity index (χ1v) is 8.68. The fourth-order valence-electron chi connectivity index (χ4n) is 1.21. The van der Waals surface area contributed by atoms with Gasteiger partial charge in [-0.05, 0) is 18.2 Å². The summed E-state index contributed by atoms with van der Waals surface area (Å²) < 4.78 is 64.4. The molecule has 0 unspecified atom stereocenters. The maximum Gasteiger partial charge on any atom is 0.265 e. The zero-order chi connectivity index (χ0) is 15.4. The van der Waals surface area contributed by atoms with Crippen LogP contribution in [0.4, 0.5) is 4.39 Å². The van der Waals surface area contributed by atoms with Gasteiger partial charge in [-0.15, -0.1) is 0 Å². The monoisotopic (exact) mass is 327 g/mol. The van der Waals surface area contributed by atoms with Gasteiger partial charge in [0.15, 0.2) is 9.84 Å². The number of sulfonamides is 1. The van der Waals surface area contributed by atoms with Crippen LogP contribution in [0.3, 0.4) is 0 Å². The molecule has 0 fully saturated rings. The highest BCUT2D eigenvalue weighted by molar-refractivity contribution is 7.91. The smallest absolute Gasteiger partial charge is 0.265 e. The molecule has 20 heavy (non-hydrogen) atoms. The van der Waals surface area contributed by atoms with Crippen molar-refractivity contribution in [3.8, 4) is 0 Å². The third-order valence-corrected chi connectivity index (χ3v) is 4.52. The number of hydrogen-bond donors (Lipinski definition) is 1. The van der Waals surface area contributed by atoms with Gasteiger partial charge in [-0.3, -0.25) is 4.84 Å². The molecule has 0 aliphatic carbocycles. The highest BCUT2D eigenvalue weighted by Crippen LogP contribution is 2.19. The molecule has 0 spiro atoms. The highest BCUT2D eigenvalue weighted by atomic mass is 32.2. The summed E-state index contributed by atoms with van der Waals surface area (Å²) in [6.07, 6.45) is 0.888. The molecule has 0 atom stereocenters. The molecule has 0 bridgehead atoms. The number of methoxy groups -OCH3 is 1. The largest absolute Gasteiger partial charge is 0.382 e. The number of hydrogen-bond acceptors (Lipinski definition) is 6. The lowest BCUT2D eigenvalue weighted by atomic mass is 10.3. The SMILES string of the molecule is COCCONS(=O)(=O)c1cc(S(C)(=O)=O)ccc1F. The molecular weight excluding hydrogens is 313 g/mol. The minimum absolute atomic E-state index is 0.0802. The summed E-state index contributed by atoms with van der Waals surface area (Å²) >= 11 is 0. The topological polar surface area (TPSA) is 98.8 Å². The van der Waals surface area contributed by atoms with E-state index in [1.165, 1.54) is 7.11 Å². The molecule has 0 aromatic heterocycles. The minimum atomic E-state index is -4.32. The fraction of sp³-hybridized carbons (Fsp3) is 0.400. The first kappa shape index (κ1) is 17.0. The Morgan fingerprint density at radius 2 is 1.85 bits per heavy atom. The number of sulfone groups is 1. The summed E-state index contributed by atoms with van der Waals surface area (Å²) in [6.45, 7) is 0.0531. The van der Waals surface area contributed by atoms with Crippen LogP contribution in [-0.2, 0) is 29.4 Å². The summed E-state index contributed by atoms with van der Waals surface area (Å²) in [7, 11) is -6.58. The molecule has 0 aliphatic heterocycles. The van der Waals surface area contributed by atoms with Crippen LogP contribution in [-0.4, -0.2) is 43.4 Å². The summed E-state index contributed by atoms with van der Waals surface area (Å²) in [6, 6.07) is 2.47. The molecule has 0 amide bonds. The Balaban J connectivity index is 3.05. The van der Waals surface area contributed by atoms with Crippen LogP contribution >= 0.6 is 0 Å². The van der Waals surface area contributed by atoms with Gasteiger partial charge in [0.1, 0.15) is 10.7 Å². The molecule has 1 aromatic rings. The zero-order valence-electron chi connectivity index (χ0n) is 10.8. The van der Waals surface area contributed by atoms with Gasteiger partial charge in [-0.1, -0.05) is 4.89 Å². The Morgan fingerprint density at radius 1 is 1.20 bits per heavy atom. The molecule has 0 saturated heterocycles. The second kappa shape index (κ2) is 6.59. The van der Waals surface area contributed by atoms with Gasteiger partial charge in [0.05, 0.1) is 18.1 Å². The molecule has 10 heteroatoms. The summed E-state index contributed by atoms with van der Waals surface area (Å²) in [4.78, 5) is 5.16. The second-order valence-corrected chi connectivity index (χ2v) is 7.42. The average molecular weight is 327 g/mol. The van der Waals surface area contributed by atoms with Crippen molar-refractivity contribution < 1.29 is 30.8 Å². The molecule has 0 aliphatic rings. The minimum Gasteiger partial charge on any atom is -0.382 e. The van der Waals surface area contributed by atoms with Crippen LogP contribution in [0.15, 0.2) is 28.0 Å². The molecule has 0 saturated carbocycles. The highest BCUT2D eigenvalue weighted by Gasteiger charge is 2.22. The van der Waals surface area contributed by atoms with Gasteiger partial charge >= 0.3 is 0 Å². The molecule has 1 aromatic carbocycles. The van der Waals surface area contributed by atoms with E-state index >= 15 is 0 Å². The Morgan fingerprint density at radius 3 is 2.40 bits per heavy atom. The third-order valence-electron chi connectivity index (χ3n) is 2.18. The van der Waals surface area contributed by atoms with Crippen molar-refractivity contribution in [1.82, 2.24) is 4.89 Å². The van der Waals surface area contributed by atoms with Gasteiger partial charge in [-0.2, -0.15) is 0 Å². The normalized spacial score (nSPS) is 12.6. The molecule has 1 rings (SSSR count). The molecular formula is C10H14FNO6S2. The summed E-state index contributed by atoms with van der Waals surface area (Å²) in [5.74, 6) is -1.08. The fourth-order valence-corrected chi connectivity index (χ4v) is 2.87. The van der Waals surface area contributed by atoms with E-state index < -0.39 is 30.6 Å². The van der Waals surface area contributed by atoms with Crippen molar-refractivity contribution >= 4 is 19.9 Å². The Labute approximate surface area is 116 Å². The Bertz CT molecular complexity index is 671. The van der Waals surface area contributed by atoms with Gasteiger partial charge in [0.25, 0.3) is 10.0 Å². The van der Waals surface area contributed by atoms with Crippen LogP contribution in [0, 0.1) is 5.82 Å². The lowest BCUT2D eigenvalue weighted by molar-refractivity contribution is 0.0437. The predicted octanol–water partition coefficient (Wildman–Crippen LogP) is 0.0855. The van der Waals surface area contributed by atoms with Crippen molar-refractivity contribution in [2.45, 2.75) is 9.79 Å². The van der Waals surface area contributed by atoms with Crippen molar-refractivity contribution in [2.24, 2.45) is 0 Å². The lowest BCUT2D eigenvalue weighted by Gasteiger charge is -2.09. The van der Waals surface area contributed by atoms with E-state index in [4.69, 9.17) is 0 Å². The average Bonchev–Trinajstić information content (AvgIpc) is 2.33. The zero-order valence-corrected chi connectivity index (χ0v) is 12.4. The lowest BCUT2D eigenvalue weighted by Crippen LogP contribution is -2.26. The van der Waals surface area contributed by atoms with Gasteiger partial charge in [-0.25, -0.2) is 21.2 Å². The number of ether oxygens (including phenoxy) is 1. The summed E-state index contributed by atoms with van der Waals surface area (Å²) in [5.41, 5.74) is 0. The van der Waals surface area contributed by atoms with E-state index in [1.54, 1.807) is 4.89 Å². The van der Waals surface area contributed by atoms with Crippen molar-refractivity contribution in [2.75, 3.05) is 26.6 Å². The quantitative estimate of drug-likeness (QED) is 0.433. The van der Waals surface area contributed by atoms with Crippen molar-refractivity contribution in [3.05, 3.63) is 24.0 Å². The Hall–Kier alpha value is -1.07. The van der Waals surface area contributed by atoms with Crippen LogP contribution in [0.1, 0.15) is 0 Å². The molecule has 0 heterocycles. The van der Waals surface area contributed by atoms with Crippen molar-refractivity contribution in [1.29, 1.82) is 0 Å². The molecule has 1 N–H and O–H groups in total. The summed E-state index contributed by atoms with van der Waals surface area (Å²) in [5, 5.41) is 0. The van der Waals surface area contributed by atoms with E-state index in [-0.39, 0.29) is 18.1 Å². The van der Waals surface area contributed by atoms with E-state index in [2.05, 4.69) is 9.57 Å². The number of benzene rings is 1. The first-order chi connectivity index (χ1) is 9.18. The van der Waals surface area contributed by atoms with Gasteiger partial charge in [0.2, 0.25) is 0 Å². The number of halogens is 1. The maximum atomic E-state index is 13.5. The van der Waals surface area contributed by atoms with E-state index in [9.17, 15) is 21.2 Å². The third kappa shape index (κ3) is 4.49. The van der Waals surface area contributed by atoms with E-state index in [0.29, 0.717) is 0 Å². The standard InChI is InChI=1S/C10H14FNO6S2/c1-17-5-6-18-12-20(15,16)10-7-8(19(2,13)14)3-4-9(10)11/h3-4,7,12H,5-6H2,1-2H3. The molecule has 7 nitrogen and oxygen atoms in total. The first-order valence-electron chi connectivity index (χ1n) is 5.30. The molecule has 0 radical (unpaired) electrons. The van der Waals surface area contributed by atoms with Crippen LogP contribution < -0.4 is 4.89 Å². The van der Waals surface area contributed by atoms with Crippen LogP contribution in [0.5, 0.6) is 0 Å². The number of nitrogens with one attached hydrogen (secondary N) is 1. The maximum absolute atomic E-state index is 13.5. The van der Waals surface area contributed by atoms with Crippen LogP contribution in [0.25, 0.3) is 0 Å². The number of rotatable bonds is 7. The second-order valence-electron chi connectivity index (χ2n) is 3.79. The molecule has 114 valence electrons. The van der Waals surface area contributed by atoms with Gasteiger partial charge in [0, 0.05) is 13.4 Å². The van der Waals surface area contributed by atoms with Gasteiger partial charge < -0.3 is 4.74 Å². The van der Waals surface area contributed by atoms with Crippen molar-refractivity contribution in [3.63, 3.8) is 0 Å². The van der Waals surface area contributed by atoms with E-state index in [1.807, 2.05) is 0 Å². The van der Waals surface area contributed by atoms with Crippen LogP contribution in [0.2, 0.25) is 0 Å². The Kier molecular flexibility index (Phi) is 5.59. The van der Waals surface area contributed by atoms with E-state index in [0.717, 1.165) is 24.5 Å².